The molecule has 0 bridgehead atoms. The molecule has 8 nitrogen and oxygen atoms in total. The van der Waals surface area contributed by atoms with Crippen LogP contribution >= 0.6 is 0 Å². The van der Waals surface area contributed by atoms with E-state index in [0.29, 0.717) is 90.8 Å². The third kappa shape index (κ3) is 5.05. The Bertz CT molecular complexity index is 1920. The third-order valence-electron chi connectivity index (χ3n) is 10.7. The number of phenols is 1. The number of aromatic nitrogens is 2. The number of hydrogen-bond donors (Lipinski definition) is 1. The number of aromatic hydroxyl groups is 1. The summed E-state index contributed by atoms with van der Waals surface area (Å²) >= 11 is 0. The van der Waals surface area contributed by atoms with Gasteiger partial charge in [0.25, 0.3) is 0 Å². The summed E-state index contributed by atoms with van der Waals surface area (Å²) < 4.78 is 71.4. The highest BCUT2D eigenvalue weighted by atomic mass is 32.2. The Hall–Kier alpha value is -3.48. The van der Waals surface area contributed by atoms with Crippen molar-refractivity contribution in [3.05, 3.63) is 53.6 Å². The number of rotatable bonds is 6. The molecule has 1 spiro atoms. The topological polar surface area (TPSA) is 88.0 Å². The average Bonchev–Trinajstić information content (AvgIpc) is 3.71. The van der Waals surface area contributed by atoms with Crippen LogP contribution in [0.3, 0.4) is 0 Å². The molecule has 0 aliphatic carbocycles. The first-order valence-corrected chi connectivity index (χ1v) is 17.8. The van der Waals surface area contributed by atoms with Gasteiger partial charge in [-0.05, 0) is 72.0 Å². The molecule has 4 aliphatic rings. The van der Waals surface area contributed by atoms with E-state index in [9.17, 15) is 18.1 Å². The predicted molar refractivity (Wildman–Crippen MR) is 175 cm³/mol. The van der Waals surface area contributed by atoms with Crippen LogP contribution in [0.25, 0.3) is 32.8 Å². The summed E-state index contributed by atoms with van der Waals surface area (Å²) in [5.41, 5.74) is 0.546. The van der Waals surface area contributed by atoms with Gasteiger partial charge in [-0.2, -0.15) is 9.97 Å². The van der Waals surface area contributed by atoms with Gasteiger partial charge in [0.2, 0.25) is 0 Å². The highest BCUT2D eigenvalue weighted by Gasteiger charge is 2.49. The molecule has 1 unspecified atom stereocenters. The zero-order valence-electron chi connectivity index (χ0n) is 26.2. The van der Waals surface area contributed by atoms with Crippen molar-refractivity contribution in [2.75, 3.05) is 50.0 Å². The molecule has 3 aromatic carbocycles. The number of hydrogen-bond acceptors (Lipinski definition) is 8. The summed E-state index contributed by atoms with van der Waals surface area (Å²) in [5.74, 6) is -0.0935. The lowest BCUT2D eigenvalue weighted by Crippen LogP contribution is -2.46. The van der Waals surface area contributed by atoms with Crippen LogP contribution in [0.1, 0.15) is 44.6 Å². The fraction of sp³-hybridized carbons (Fsp3) is 0.486. The molecule has 0 amide bonds. The highest BCUT2D eigenvalue weighted by molar-refractivity contribution is 7.86. The Morgan fingerprint density at radius 1 is 1.09 bits per heavy atom. The van der Waals surface area contributed by atoms with Gasteiger partial charge >= 0.3 is 6.01 Å². The van der Waals surface area contributed by atoms with Crippen LogP contribution in [0, 0.1) is 11.6 Å². The van der Waals surface area contributed by atoms with E-state index < -0.39 is 39.1 Å². The normalized spacial score (nSPS) is 25.7. The second-order valence-electron chi connectivity index (χ2n) is 13.3. The summed E-state index contributed by atoms with van der Waals surface area (Å²) in [5, 5.41) is 12.2. The Morgan fingerprint density at radius 2 is 1.91 bits per heavy atom. The molecule has 4 saturated heterocycles. The maximum absolute atomic E-state index is 16.9. The van der Waals surface area contributed by atoms with Crippen molar-refractivity contribution in [3.63, 3.8) is 0 Å². The van der Waals surface area contributed by atoms with Crippen LogP contribution in [0.15, 0.2) is 36.4 Å². The first-order valence-electron chi connectivity index (χ1n) is 16.4. The SMILES string of the molecule is CCc1c(F)ccc2cc(O)cc(-c3ccc4c(N5CCC6(CC5)OCCS6=O)nc(OC[C@@]56CCCN5C[C@H](F)C6)nc4c3F)c12. The quantitative estimate of drug-likeness (QED) is 0.267. The number of nitrogens with zero attached hydrogens (tertiary/aromatic N) is 4. The van der Waals surface area contributed by atoms with E-state index >= 15 is 4.39 Å². The van der Waals surface area contributed by atoms with Crippen LogP contribution in [0.2, 0.25) is 0 Å². The van der Waals surface area contributed by atoms with Gasteiger partial charge in [0.05, 0.1) is 22.9 Å². The molecular formula is C35H37F3N4O4S. The van der Waals surface area contributed by atoms with Crippen molar-refractivity contribution >= 4 is 38.3 Å². The molecule has 5 heterocycles. The lowest BCUT2D eigenvalue weighted by molar-refractivity contribution is 0.0309. The van der Waals surface area contributed by atoms with Crippen molar-refractivity contribution in [3.8, 4) is 22.9 Å². The molecule has 1 aromatic heterocycles. The van der Waals surface area contributed by atoms with Gasteiger partial charge in [0.1, 0.15) is 40.6 Å². The Kier molecular flexibility index (Phi) is 7.60. The number of alkyl halides is 1. The summed E-state index contributed by atoms with van der Waals surface area (Å²) in [6.45, 7) is 4.68. The maximum atomic E-state index is 16.9. The lowest BCUT2D eigenvalue weighted by Gasteiger charge is -2.38. The van der Waals surface area contributed by atoms with E-state index in [1.165, 1.54) is 12.1 Å². The van der Waals surface area contributed by atoms with Crippen molar-refractivity contribution in [2.45, 2.75) is 62.1 Å². The van der Waals surface area contributed by atoms with Gasteiger partial charge in [-0.25, -0.2) is 13.2 Å². The highest BCUT2D eigenvalue weighted by Crippen LogP contribution is 2.43. The van der Waals surface area contributed by atoms with Crippen molar-refractivity contribution in [1.29, 1.82) is 0 Å². The summed E-state index contributed by atoms with van der Waals surface area (Å²) in [4.78, 5) is 12.9. The number of phenolic OH excluding ortho intramolecular Hbond substituents is 1. The van der Waals surface area contributed by atoms with E-state index in [4.69, 9.17) is 14.5 Å². The molecule has 3 atom stereocenters. The van der Waals surface area contributed by atoms with Gasteiger partial charge in [-0.3, -0.25) is 9.11 Å². The minimum atomic E-state index is -1.08. The van der Waals surface area contributed by atoms with E-state index in [1.807, 2.05) is 11.8 Å². The fourth-order valence-corrected chi connectivity index (χ4v) is 9.79. The standard InChI is InChI=1S/C35H37F3N4O4S/c1-2-24-28(37)7-4-21-16-23(43)17-27(29(21)24)25-5-6-26-31(30(25)38)39-33(45-20-34-8-3-11-42(34)19-22(36)18-34)40-32(26)41-12-9-35(10-13-41)46-14-15-47(35)44/h4-7,16-17,22,43H,2-3,8-15,18-20H2,1H3/t22-,34+,47?/m1/s1. The summed E-state index contributed by atoms with van der Waals surface area (Å²) in [6.07, 6.45) is 2.66. The molecular weight excluding hydrogens is 629 g/mol. The average molecular weight is 667 g/mol. The third-order valence-corrected chi connectivity index (χ3v) is 12.6. The second kappa shape index (κ2) is 11.6. The zero-order chi connectivity index (χ0) is 32.5. The van der Waals surface area contributed by atoms with Gasteiger partial charge in [0, 0.05) is 55.6 Å². The number of piperidine rings is 1. The molecule has 8 rings (SSSR count). The Balaban J connectivity index is 1.24. The van der Waals surface area contributed by atoms with Crippen molar-refractivity contribution < 1.29 is 32.0 Å². The first kappa shape index (κ1) is 30.8. The van der Waals surface area contributed by atoms with Crippen LogP contribution in [0.5, 0.6) is 11.8 Å². The molecule has 47 heavy (non-hydrogen) atoms. The Morgan fingerprint density at radius 3 is 2.68 bits per heavy atom. The van der Waals surface area contributed by atoms with Gasteiger partial charge < -0.3 is 19.5 Å². The maximum Gasteiger partial charge on any atom is 0.319 e. The van der Waals surface area contributed by atoms with E-state index in [-0.39, 0.29) is 29.4 Å². The first-order chi connectivity index (χ1) is 22.7. The Labute approximate surface area is 273 Å². The molecule has 0 saturated carbocycles. The second-order valence-corrected chi connectivity index (χ2v) is 15.1. The van der Waals surface area contributed by atoms with Gasteiger partial charge in [-0.15, -0.1) is 0 Å². The minimum Gasteiger partial charge on any atom is -0.508 e. The number of ether oxygens (including phenoxy) is 2. The van der Waals surface area contributed by atoms with Crippen LogP contribution < -0.4 is 9.64 Å². The van der Waals surface area contributed by atoms with Crippen LogP contribution in [-0.2, 0) is 22.0 Å². The number of anilines is 1. The number of benzene rings is 3. The van der Waals surface area contributed by atoms with E-state index in [0.717, 1.165) is 19.4 Å². The summed E-state index contributed by atoms with van der Waals surface area (Å²) in [6, 6.07) is 9.32. The van der Waals surface area contributed by atoms with Gasteiger partial charge in [-0.1, -0.05) is 19.1 Å². The zero-order valence-corrected chi connectivity index (χ0v) is 27.1. The molecule has 4 aromatic rings. The van der Waals surface area contributed by atoms with E-state index in [2.05, 4.69) is 9.88 Å². The summed E-state index contributed by atoms with van der Waals surface area (Å²) in [7, 11) is -1.08. The van der Waals surface area contributed by atoms with Crippen molar-refractivity contribution in [2.24, 2.45) is 0 Å². The molecule has 4 fully saturated rings. The van der Waals surface area contributed by atoms with E-state index in [1.54, 1.807) is 24.3 Å². The smallest absolute Gasteiger partial charge is 0.319 e. The number of halogens is 3. The molecule has 0 radical (unpaired) electrons. The molecule has 1 N–H and O–H groups in total. The fourth-order valence-electron chi connectivity index (χ4n) is 8.33. The van der Waals surface area contributed by atoms with Gasteiger partial charge in [0.15, 0.2) is 5.82 Å². The lowest BCUT2D eigenvalue weighted by atomic mass is 9.92. The minimum absolute atomic E-state index is 0.00544. The number of aryl methyl sites for hydroxylation is 1. The van der Waals surface area contributed by atoms with Crippen LogP contribution in [0.4, 0.5) is 19.0 Å². The van der Waals surface area contributed by atoms with Crippen LogP contribution in [-0.4, -0.2) is 86.0 Å². The molecule has 12 heteroatoms. The molecule has 248 valence electrons. The largest absolute Gasteiger partial charge is 0.508 e. The predicted octanol–water partition coefficient (Wildman–Crippen LogP) is 6.03. The molecule has 4 aliphatic heterocycles. The monoisotopic (exact) mass is 666 g/mol. The van der Waals surface area contributed by atoms with Crippen molar-refractivity contribution in [1.82, 2.24) is 14.9 Å². The number of fused-ring (bicyclic) bond motifs is 3.